The number of benzene rings is 1. The molecule has 1 aromatic rings. The summed E-state index contributed by atoms with van der Waals surface area (Å²) < 4.78 is 46.7. The first-order valence-electron chi connectivity index (χ1n) is 6.22. The van der Waals surface area contributed by atoms with Crippen LogP contribution in [0, 0.1) is 11.2 Å². The SMILES string of the molecule is CC1(C(=O)Nc2ccc(OC(F)F)c(F)c2)COCC1N. The van der Waals surface area contributed by atoms with Crippen LogP contribution in [0.1, 0.15) is 6.92 Å². The minimum Gasteiger partial charge on any atom is -0.432 e. The van der Waals surface area contributed by atoms with Crippen molar-refractivity contribution in [1.82, 2.24) is 0 Å². The molecule has 1 amide bonds. The number of hydrogen-bond donors (Lipinski definition) is 2. The van der Waals surface area contributed by atoms with Crippen molar-refractivity contribution in [2.24, 2.45) is 11.1 Å². The Morgan fingerprint density at radius 3 is 2.81 bits per heavy atom. The Morgan fingerprint density at radius 2 is 2.29 bits per heavy atom. The number of nitrogens with one attached hydrogen (secondary N) is 1. The fourth-order valence-electron chi connectivity index (χ4n) is 1.97. The van der Waals surface area contributed by atoms with Gasteiger partial charge in [0.05, 0.1) is 18.6 Å². The molecule has 0 aliphatic carbocycles. The van der Waals surface area contributed by atoms with E-state index in [-0.39, 0.29) is 18.9 Å². The molecule has 2 atom stereocenters. The van der Waals surface area contributed by atoms with E-state index >= 15 is 0 Å². The lowest BCUT2D eigenvalue weighted by Gasteiger charge is -2.25. The van der Waals surface area contributed by atoms with E-state index in [4.69, 9.17) is 10.5 Å². The van der Waals surface area contributed by atoms with E-state index in [0.29, 0.717) is 0 Å². The third-order valence-electron chi connectivity index (χ3n) is 3.44. The second kappa shape index (κ2) is 5.90. The smallest absolute Gasteiger partial charge is 0.387 e. The second-order valence-corrected chi connectivity index (χ2v) is 5.02. The van der Waals surface area contributed by atoms with Crippen molar-refractivity contribution < 1.29 is 27.4 Å². The lowest BCUT2D eigenvalue weighted by Crippen LogP contribution is -2.47. The number of halogens is 3. The van der Waals surface area contributed by atoms with E-state index in [2.05, 4.69) is 10.1 Å². The first-order chi connectivity index (χ1) is 9.83. The van der Waals surface area contributed by atoms with Crippen LogP contribution in [-0.2, 0) is 9.53 Å². The van der Waals surface area contributed by atoms with Crippen molar-refractivity contribution >= 4 is 11.6 Å². The zero-order valence-electron chi connectivity index (χ0n) is 11.2. The number of alkyl halides is 2. The zero-order valence-corrected chi connectivity index (χ0v) is 11.2. The molecule has 1 aliphatic heterocycles. The van der Waals surface area contributed by atoms with E-state index < -0.39 is 35.5 Å². The summed E-state index contributed by atoms with van der Waals surface area (Å²) in [5.41, 5.74) is 5.02. The first-order valence-corrected chi connectivity index (χ1v) is 6.22. The van der Waals surface area contributed by atoms with E-state index in [9.17, 15) is 18.0 Å². The van der Waals surface area contributed by atoms with Crippen molar-refractivity contribution in [3.05, 3.63) is 24.0 Å². The van der Waals surface area contributed by atoms with Crippen LogP contribution in [0.5, 0.6) is 5.75 Å². The molecule has 2 rings (SSSR count). The highest BCUT2D eigenvalue weighted by molar-refractivity contribution is 5.96. The molecular formula is C13H15F3N2O3. The molecule has 0 bridgehead atoms. The summed E-state index contributed by atoms with van der Waals surface area (Å²) in [7, 11) is 0. The molecule has 1 heterocycles. The Hall–Kier alpha value is -1.80. The van der Waals surface area contributed by atoms with Crippen LogP contribution in [-0.4, -0.2) is 31.8 Å². The van der Waals surface area contributed by atoms with Gasteiger partial charge in [-0.05, 0) is 19.1 Å². The van der Waals surface area contributed by atoms with E-state index in [1.165, 1.54) is 6.07 Å². The van der Waals surface area contributed by atoms with E-state index in [1.54, 1.807) is 6.92 Å². The largest absolute Gasteiger partial charge is 0.432 e. The van der Waals surface area contributed by atoms with Crippen LogP contribution in [0.25, 0.3) is 0 Å². The average Bonchev–Trinajstić information content (AvgIpc) is 2.74. The van der Waals surface area contributed by atoms with Gasteiger partial charge in [-0.2, -0.15) is 8.78 Å². The summed E-state index contributed by atoms with van der Waals surface area (Å²) in [6, 6.07) is 2.72. The topological polar surface area (TPSA) is 73.6 Å². The van der Waals surface area contributed by atoms with Gasteiger partial charge in [0.25, 0.3) is 0 Å². The lowest BCUT2D eigenvalue weighted by atomic mass is 9.85. The summed E-state index contributed by atoms with van der Waals surface area (Å²) in [6.45, 7) is -1.05. The van der Waals surface area contributed by atoms with Crippen molar-refractivity contribution in [3.63, 3.8) is 0 Å². The van der Waals surface area contributed by atoms with Gasteiger partial charge in [0.1, 0.15) is 0 Å². The Kier molecular flexibility index (Phi) is 4.38. The third-order valence-corrected chi connectivity index (χ3v) is 3.44. The second-order valence-electron chi connectivity index (χ2n) is 5.02. The van der Waals surface area contributed by atoms with Crippen LogP contribution < -0.4 is 15.8 Å². The van der Waals surface area contributed by atoms with Gasteiger partial charge in [-0.3, -0.25) is 4.79 Å². The van der Waals surface area contributed by atoms with Gasteiger partial charge in [-0.15, -0.1) is 0 Å². The van der Waals surface area contributed by atoms with Gasteiger partial charge in [0, 0.05) is 17.8 Å². The minimum atomic E-state index is -3.12. The number of rotatable bonds is 4. The molecule has 0 spiro atoms. The number of carbonyl (C=O) groups is 1. The Bertz CT molecular complexity index is 541. The molecule has 0 radical (unpaired) electrons. The molecule has 8 heteroatoms. The van der Waals surface area contributed by atoms with Gasteiger partial charge in [0.2, 0.25) is 5.91 Å². The minimum absolute atomic E-state index is 0.124. The number of anilines is 1. The van der Waals surface area contributed by atoms with Crippen molar-refractivity contribution in [1.29, 1.82) is 0 Å². The number of hydrogen-bond acceptors (Lipinski definition) is 4. The van der Waals surface area contributed by atoms with Gasteiger partial charge in [-0.1, -0.05) is 0 Å². The predicted octanol–water partition coefficient (Wildman–Crippen LogP) is 1.73. The summed E-state index contributed by atoms with van der Waals surface area (Å²) in [4.78, 5) is 12.2. The monoisotopic (exact) mass is 304 g/mol. The molecule has 1 fully saturated rings. The van der Waals surface area contributed by atoms with E-state index in [1.807, 2.05) is 0 Å². The molecule has 116 valence electrons. The standard InChI is InChI=1S/C13H15F3N2O3/c1-13(6-20-5-10(13)17)11(19)18-7-2-3-9(8(14)4-7)21-12(15)16/h2-4,10,12H,5-6,17H2,1H3,(H,18,19). The molecular weight excluding hydrogens is 289 g/mol. The van der Waals surface area contributed by atoms with Crippen LogP contribution in [0.15, 0.2) is 18.2 Å². The number of ether oxygens (including phenoxy) is 2. The lowest BCUT2D eigenvalue weighted by molar-refractivity contribution is -0.125. The van der Waals surface area contributed by atoms with Crippen molar-refractivity contribution in [2.45, 2.75) is 19.6 Å². The average molecular weight is 304 g/mol. The molecule has 1 aromatic carbocycles. The number of nitrogens with two attached hydrogens (primary N) is 1. The quantitative estimate of drug-likeness (QED) is 0.888. The summed E-state index contributed by atoms with van der Waals surface area (Å²) in [5, 5.41) is 2.49. The van der Waals surface area contributed by atoms with Crippen molar-refractivity contribution in [3.8, 4) is 5.75 Å². The van der Waals surface area contributed by atoms with Gasteiger partial charge in [0.15, 0.2) is 11.6 Å². The fourth-order valence-corrected chi connectivity index (χ4v) is 1.97. The van der Waals surface area contributed by atoms with Crippen LogP contribution in [0.4, 0.5) is 18.9 Å². The fraction of sp³-hybridized carbons (Fsp3) is 0.462. The highest BCUT2D eigenvalue weighted by Gasteiger charge is 2.44. The zero-order chi connectivity index (χ0) is 15.6. The van der Waals surface area contributed by atoms with Crippen LogP contribution in [0.2, 0.25) is 0 Å². The maximum atomic E-state index is 13.6. The first kappa shape index (κ1) is 15.6. The molecule has 1 aliphatic rings. The molecule has 0 aromatic heterocycles. The normalized spacial score (nSPS) is 25.1. The Morgan fingerprint density at radius 1 is 1.57 bits per heavy atom. The molecule has 2 unspecified atom stereocenters. The Labute approximate surface area is 119 Å². The van der Waals surface area contributed by atoms with Gasteiger partial charge < -0.3 is 20.5 Å². The highest BCUT2D eigenvalue weighted by Crippen LogP contribution is 2.29. The number of amides is 1. The third kappa shape index (κ3) is 3.27. The summed E-state index contributed by atoms with van der Waals surface area (Å²) in [5.74, 6) is -2.00. The molecule has 0 saturated carbocycles. The van der Waals surface area contributed by atoms with Gasteiger partial charge >= 0.3 is 6.61 Å². The highest BCUT2D eigenvalue weighted by atomic mass is 19.3. The predicted molar refractivity (Wildman–Crippen MR) is 68.6 cm³/mol. The molecule has 3 N–H and O–H groups in total. The maximum absolute atomic E-state index is 13.6. The maximum Gasteiger partial charge on any atom is 0.387 e. The van der Waals surface area contributed by atoms with Crippen LogP contribution >= 0.6 is 0 Å². The summed E-state index contributed by atoms with van der Waals surface area (Å²) >= 11 is 0. The molecule has 21 heavy (non-hydrogen) atoms. The summed E-state index contributed by atoms with van der Waals surface area (Å²) in [6.07, 6.45) is 0. The van der Waals surface area contributed by atoms with E-state index in [0.717, 1.165) is 12.1 Å². The van der Waals surface area contributed by atoms with Gasteiger partial charge in [-0.25, -0.2) is 4.39 Å². The number of carbonyl (C=O) groups excluding carboxylic acids is 1. The molecule has 1 saturated heterocycles. The molecule has 5 nitrogen and oxygen atoms in total. The van der Waals surface area contributed by atoms with Crippen LogP contribution in [0.3, 0.4) is 0 Å². The van der Waals surface area contributed by atoms with Crippen molar-refractivity contribution in [2.75, 3.05) is 18.5 Å². The Balaban J connectivity index is 2.10.